The van der Waals surface area contributed by atoms with Gasteiger partial charge in [-0.2, -0.15) is 0 Å². The molecule has 1 aromatic heterocycles. The standard InChI is InChI=1S/C9H16N4O2S/c1-3-5-6-7(8(14)15-4-2)10-9-11-12-13-16-9/h7H,3-6H2,1-2H3,(H,10,11,13). The molecule has 0 aliphatic carbocycles. The van der Waals surface area contributed by atoms with Crippen LogP contribution in [-0.2, 0) is 9.53 Å². The van der Waals surface area contributed by atoms with Crippen LogP contribution in [-0.4, -0.2) is 33.4 Å². The van der Waals surface area contributed by atoms with Gasteiger partial charge in [-0.1, -0.05) is 29.4 Å². The molecule has 0 saturated carbocycles. The van der Waals surface area contributed by atoms with Crippen LogP contribution >= 0.6 is 11.5 Å². The third-order valence-corrected chi connectivity index (χ3v) is 2.54. The van der Waals surface area contributed by atoms with Crippen molar-refractivity contribution >= 4 is 22.6 Å². The highest BCUT2D eigenvalue weighted by Gasteiger charge is 2.20. The highest BCUT2D eigenvalue weighted by molar-refractivity contribution is 7.09. The Morgan fingerprint density at radius 1 is 1.56 bits per heavy atom. The van der Waals surface area contributed by atoms with Crippen LogP contribution in [0.5, 0.6) is 0 Å². The summed E-state index contributed by atoms with van der Waals surface area (Å²) in [5, 5.41) is 10.7. The Hall–Kier alpha value is -1.24. The maximum Gasteiger partial charge on any atom is 0.328 e. The molecule has 0 bridgehead atoms. The zero-order valence-electron chi connectivity index (χ0n) is 9.47. The lowest BCUT2D eigenvalue weighted by Crippen LogP contribution is -2.31. The van der Waals surface area contributed by atoms with E-state index in [4.69, 9.17) is 4.74 Å². The van der Waals surface area contributed by atoms with Crippen molar-refractivity contribution in [2.75, 3.05) is 11.9 Å². The molecule has 0 fully saturated rings. The van der Waals surface area contributed by atoms with Crippen molar-refractivity contribution in [3.8, 4) is 0 Å². The third kappa shape index (κ3) is 4.09. The van der Waals surface area contributed by atoms with Gasteiger partial charge in [0.1, 0.15) is 6.04 Å². The third-order valence-electron chi connectivity index (χ3n) is 2.01. The average Bonchev–Trinajstić information content (AvgIpc) is 2.77. The minimum Gasteiger partial charge on any atom is -0.464 e. The highest BCUT2D eigenvalue weighted by atomic mass is 32.1. The van der Waals surface area contributed by atoms with Gasteiger partial charge < -0.3 is 10.1 Å². The first-order valence-electron chi connectivity index (χ1n) is 5.36. The van der Waals surface area contributed by atoms with E-state index >= 15 is 0 Å². The quantitative estimate of drug-likeness (QED) is 0.732. The summed E-state index contributed by atoms with van der Waals surface area (Å²) in [7, 11) is 0. The fourth-order valence-corrected chi connectivity index (χ4v) is 1.66. The largest absolute Gasteiger partial charge is 0.464 e. The lowest BCUT2D eigenvalue weighted by molar-refractivity contribution is -0.144. The van der Waals surface area contributed by atoms with Gasteiger partial charge in [0.15, 0.2) is 0 Å². The Morgan fingerprint density at radius 2 is 2.38 bits per heavy atom. The SMILES string of the molecule is CCCCC(Nc1nnns1)C(=O)OCC. The van der Waals surface area contributed by atoms with Gasteiger partial charge in [-0.05, 0) is 18.6 Å². The molecule has 0 aliphatic rings. The fourth-order valence-electron chi connectivity index (χ4n) is 1.24. The van der Waals surface area contributed by atoms with Crippen molar-refractivity contribution < 1.29 is 9.53 Å². The molecule has 7 heteroatoms. The maximum absolute atomic E-state index is 11.6. The second-order valence-electron chi connectivity index (χ2n) is 3.26. The number of anilines is 1. The fraction of sp³-hybridized carbons (Fsp3) is 0.778. The molecule has 1 rings (SSSR count). The van der Waals surface area contributed by atoms with Crippen molar-refractivity contribution in [1.82, 2.24) is 14.8 Å². The van der Waals surface area contributed by atoms with E-state index in [9.17, 15) is 4.79 Å². The number of nitrogens with one attached hydrogen (secondary N) is 1. The Labute approximate surface area is 98.6 Å². The van der Waals surface area contributed by atoms with Gasteiger partial charge in [-0.15, -0.1) is 0 Å². The van der Waals surface area contributed by atoms with Crippen molar-refractivity contribution in [2.24, 2.45) is 0 Å². The molecule has 0 aliphatic heterocycles. The van der Waals surface area contributed by atoms with E-state index in [1.54, 1.807) is 6.92 Å². The highest BCUT2D eigenvalue weighted by Crippen LogP contribution is 2.12. The van der Waals surface area contributed by atoms with Crippen LogP contribution in [0.1, 0.15) is 33.1 Å². The van der Waals surface area contributed by atoms with Crippen LogP contribution in [0.15, 0.2) is 0 Å². The zero-order chi connectivity index (χ0) is 11.8. The summed E-state index contributed by atoms with van der Waals surface area (Å²) in [5.74, 6) is -0.244. The second-order valence-corrected chi connectivity index (χ2v) is 3.99. The number of hydrogen-bond donors (Lipinski definition) is 1. The normalized spacial score (nSPS) is 12.1. The minimum atomic E-state index is -0.352. The van der Waals surface area contributed by atoms with E-state index in [1.807, 2.05) is 0 Å². The molecule has 90 valence electrons. The van der Waals surface area contributed by atoms with Gasteiger partial charge >= 0.3 is 5.97 Å². The van der Waals surface area contributed by atoms with E-state index in [-0.39, 0.29) is 12.0 Å². The zero-order valence-corrected chi connectivity index (χ0v) is 10.3. The van der Waals surface area contributed by atoms with Gasteiger partial charge in [0, 0.05) is 11.5 Å². The number of rotatable bonds is 7. The summed E-state index contributed by atoms with van der Waals surface area (Å²) >= 11 is 1.13. The number of ether oxygens (including phenoxy) is 1. The minimum absolute atomic E-state index is 0.244. The number of unbranched alkanes of at least 4 members (excludes halogenated alkanes) is 1. The van der Waals surface area contributed by atoms with E-state index < -0.39 is 0 Å². The summed E-state index contributed by atoms with van der Waals surface area (Å²) in [6.45, 7) is 4.26. The molecule has 1 unspecified atom stereocenters. The molecule has 16 heavy (non-hydrogen) atoms. The van der Waals surface area contributed by atoms with E-state index in [0.717, 1.165) is 30.8 Å². The maximum atomic E-state index is 11.6. The molecule has 0 amide bonds. The summed E-state index contributed by atoms with van der Waals surface area (Å²) in [5.41, 5.74) is 0. The second kappa shape index (κ2) is 7.10. The van der Waals surface area contributed by atoms with E-state index in [2.05, 4.69) is 27.0 Å². The smallest absolute Gasteiger partial charge is 0.328 e. The van der Waals surface area contributed by atoms with Gasteiger partial charge in [0.25, 0.3) is 0 Å². The van der Waals surface area contributed by atoms with Gasteiger partial charge in [-0.3, -0.25) is 0 Å². The molecule has 1 aromatic rings. The van der Waals surface area contributed by atoms with Crippen LogP contribution in [0.2, 0.25) is 0 Å². The summed E-state index contributed by atoms with van der Waals surface area (Å²) in [4.78, 5) is 11.6. The van der Waals surface area contributed by atoms with Crippen LogP contribution in [0.25, 0.3) is 0 Å². The molecule has 6 nitrogen and oxygen atoms in total. The predicted octanol–water partition coefficient (Wildman–Crippen LogP) is 1.47. The Bertz CT molecular complexity index is 304. The number of esters is 1. The van der Waals surface area contributed by atoms with Gasteiger partial charge in [0.05, 0.1) is 6.61 Å². The van der Waals surface area contributed by atoms with Gasteiger partial charge in [0.2, 0.25) is 5.13 Å². The lowest BCUT2D eigenvalue weighted by atomic mass is 10.1. The molecule has 0 spiro atoms. The number of aromatic nitrogens is 3. The van der Waals surface area contributed by atoms with Crippen LogP contribution in [0.4, 0.5) is 5.13 Å². The summed E-state index contributed by atoms with van der Waals surface area (Å²) in [6, 6.07) is -0.352. The summed E-state index contributed by atoms with van der Waals surface area (Å²) < 4.78 is 8.61. The van der Waals surface area contributed by atoms with Crippen LogP contribution in [0, 0.1) is 0 Å². The Kier molecular flexibility index (Phi) is 5.69. The van der Waals surface area contributed by atoms with Crippen LogP contribution in [0.3, 0.4) is 0 Å². The van der Waals surface area contributed by atoms with E-state index in [0.29, 0.717) is 11.7 Å². The monoisotopic (exact) mass is 244 g/mol. The van der Waals surface area contributed by atoms with Crippen molar-refractivity contribution in [3.63, 3.8) is 0 Å². The molecule has 0 radical (unpaired) electrons. The molecule has 0 saturated heterocycles. The number of carbonyl (C=O) groups is 1. The molecule has 1 heterocycles. The van der Waals surface area contributed by atoms with Gasteiger partial charge in [-0.25, -0.2) is 4.79 Å². The molecule has 1 N–H and O–H groups in total. The van der Waals surface area contributed by atoms with Crippen molar-refractivity contribution in [3.05, 3.63) is 0 Å². The Balaban J connectivity index is 2.52. The number of hydrogen-bond acceptors (Lipinski definition) is 7. The molecular weight excluding hydrogens is 228 g/mol. The Morgan fingerprint density at radius 3 is 2.94 bits per heavy atom. The lowest BCUT2D eigenvalue weighted by Gasteiger charge is -2.15. The number of nitrogens with zero attached hydrogens (tertiary/aromatic N) is 3. The topological polar surface area (TPSA) is 77.0 Å². The molecule has 0 aromatic carbocycles. The van der Waals surface area contributed by atoms with Crippen molar-refractivity contribution in [1.29, 1.82) is 0 Å². The average molecular weight is 244 g/mol. The predicted molar refractivity (Wildman–Crippen MR) is 61.3 cm³/mol. The molecule has 1 atom stereocenters. The van der Waals surface area contributed by atoms with E-state index in [1.165, 1.54) is 0 Å². The first-order valence-corrected chi connectivity index (χ1v) is 6.13. The van der Waals surface area contributed by atoms with Crippen molar-refractivity contribution in [2.45, 2.75) is 39.2 Å². The molecular formula is C9H16N4O2S. The first-order chi connectivity index (χ1) is 7.77. The first kappa shape index (κ1) is 12.8. The summed E-state index contributed by atoms with van der Waals surface area (Å²) in [6.07, 6.45) is 2.73. The van der Waals surface area contributed by atoms with Crippen LogP contribution < -0.4 is 5.32 Å². The number of carbonyl (C=O) groups excluding carboxylic acids is 1.